The standard InChI is InChI=1S/C10H9ClO2/c11-7-8-1-3-9(4-2-8)10-12-5-6-13-10/h1-6,10H,7H2. The van der Waals surface area contributed by atoms with Crippen LogP contribution in [-0.2, 0) is 15.4 Å². The monoisotopic (exact) mass is 196 g/mol. The smallest absolute Gasteiger partial charge is 0.266 e. The first kappa shape index (κ1) is 8.45. The van der Waals surface area contributed by atoms with E-state index in [1.807, 2.05) is 24.3 Å². The topological polar surface area (TPSA) is 18.5 Å². The fourth-order valence-corrected chi connectivity index (χ4v) is 1.34. The van der Waals surface area contributed by atoms with E-state index in [0.29, 0.717) is 5.88 Å². The van der Waals surface area contributed by atoms with E-state index in [1.54, 1.807) is 12.5 Å². The van der Waals surface area contributed by atoms with E-state index in [1.165, 1.54) is 0 Å². The second-order valence-corrected chi connectivity index (χ2v) is 3.02. The van der Waals surface area contributed by atoms with Crippen molar-refractivity contribution in [3.05, 3.63) is 47.9 Å². The highest BCUT2D eigenvalue weighted by Crippen LogP contribution is 2.24. The third-order valence-corrected chi connectivity index (χ3v) is 2.17. The van der Waals surface area contributed by atoms with Crippen LogP contribution < -0.4 is 0 Å². The van der Waals surface area contributed by atoms with Crippen molar-refractivity contribution in [2.24, 2.45) is 0 Å². The van der Waals surface area contributed by atoms with Crippen LogP contribution in [0.3, 0.4) is 0 Å². The Bertz CT molecular complexity index is 297. The molecule has 1 aromatic rings. The Morgan fingerprint density at radius 1 is 1.08 bits per heavy atom. The van der Waals surface area contributed by atoms with Gasteiger partial charge < -0.3 is 9.47 Å². The molecule has 0 unspecified atom stereocenters. The number of rotatable bonds is 2. The van der Waals surface area contributed by atoms with Crippen molar-refractivity contribution in [3.8, 4) is 0 Å². The molecule has 68 valence electrons. The maximum atomic E-state index is 5.66. The van der Waals surface area contributed by atoms with Crippen LogP contribution in [0.1, 0.15) is 17.4 Å². The highest BCUT2D eigenvalue weighted by Gasteiger charge is 2.14. The van der Waals surface area contributed by atoms with Gasteiger partial charge in [0.2, 0.25) is 0 Å². The van der Waals surface area contributed by atoms with E-state index >= 15 is 0 Å². The first-order valence-electron chi connectivity index (χ1n) is 4.01. The molecule has 0 aliphatic carbocycles. The molecule has 1 aromatic carbocycles. The number of benzene rings is 1. The van der Waals surface area contributed by atoms with E-state index in [0.717, 1.165) is 11.1 Å². The summed E-state index contributed by atoms with van der Waals surface area (Å²) in [7, 11) is 0. The van der Waals surface area contributed by atoms with E-state index in [9.17, 15) is 0 Å². The number of hydrogen-bond acceptors (Lipinski definition) is 2. The van der Waals surface area contributed by atoms with Crippen LogP contribution in [0.4, 0.5) is 0 Å². The second-order valence-electron chi connectivity index (χ2n) is 2.75. The van der Waals surface area contributed by atoms with Gasteiger partial charge in [0.1, 0.15) is 12.5 Å². The zero-order valence-electron chi connectivity index (χ0n) is 6.94. The summed E-state index contributed by atoms with van der Waals surface area (Å²) in [5.74, 6) is 0.533. The molecule has 3 heteroatoms. The van der Waals surface area contributed by atoms with E-state index in [-0.39, 0.29) is 6.29 Å². The minimum absolute atomic E-state index is 0.288. The average molecular weight is 197 g/mol. The Morgan fingerprint density at radius 2 is 1.69 bits per heavy atom. The summed E-state index contributed by atoms with van der Waals surface area (Å²) in [6.07, 6.45) is 2.80. The first-order valence-corrected chi connectivity index (χ1v) is 4.54. The van der Waals surface area contributed by atoms with Gasteiger partial charge in [-0.25, -0.2) is 0 Å². The molecule has 0 radical (unpaired) electrons. The molecule has 0 N–H and O–H groups in total. The van der Waals surface area contributed by atoms with Crippen LogP contribution in [0.5, 0.6) is 0 Å². The summed E-state index contributed by atoms with van der Waals surface area (Å²) in [4.78, 5) is 0. The molecule has 13 heavy (non-hydrogen) atoms. The first-order chi connectivity index (χ1) is 6.40. The van der Waals surface area contributed by atoms with Crippen LogP contribution >= 0.6 is 11.6 Å². The van der Waals surface area contributed by atoms with Crippen molar-refractivity contribution in [2.45, 2.75) is 12.2 Å². The van der Waals surface area contributed by atoms with E-state index < -0.39 is 0 Å². The summed E-state index contributed by atoms with van der Waals surface area (Å²) in [5.41, 5.74) is 2.09. The van der Waals surface area contributed by atoms with E-state index in [4.69, 9.17) is 21.1 Å². The molecule has 0 atom stereocenters. The molecular weight excluding hydrogens is 188 g/mol. The Labute approximate surface area is 81.7 Å². The van der Waals surface area contributed by atoms with Gasteiger partial charge in [0.25, 0.3) is 6.29 Å². The molecule has 1 aliphatic heterocycles. The molecule has 1 heterocycles. The lowest BCUT2D eigenvalue weighted by atomic mass is 10.1. The van der Waals surface area contributed by atoms with Crippen molar-refractivity contribution in [1.29, 1.82) is 0 Å². The SMILES string of the molecule is ClCc1ccc(C2OC=CO2)cc1. The van der Waals surface area contributed by atoms with Gasteiger partial charge in [-0.2, -0.15) is 0 Å². The molecule has 2 rings (SSSR count). The lowest BCUT2D eigenvalue weighted by Crippen LogP contribution is -1.97. The number of ether oxygens (including phenoxy) is 2. The van der Waals surface area contributed by atoms with Crippen molar-refractivity contribution < 1.29 is 9.47 Å². The molecule has 0 saturated carbocycles. The van der Waals surface area contributed by atoms with Crippen molar-refractivity contribution in [3.63, 3.8) is 0 Å². The van der Waals surface area contributed by atoms with Gasteiger partial charge in [-0.15, -0.1) is 11.6 Å². The summed E-state index contributed by atoms with van der Waals surface area (Å²) in [6, 6.07) is 7.84. The average Bonchev–Trinajstić information content (AvgIpc) is 2.71. The number of halogens is 1. The zero-order valence-corrected chi connectivity index (χ0v) is 7.70. The highest BCUT2D eigenvalue weighted by atomic mass is 35.5. The zero-order chi connectivity index (χ0) is 9.10. The third-order valence-electron chi connectivity index (χ3n) is 1.87. The lowest BCUT2D eigenvalue weighted by Gasteiger charge is -2.10. The van der Waals surface area contributed by atoms with Gasteiger partial charge in [0.05, 0.1) is 0 Å². The van der Waals surface area contributed by atoms with Crippen LogP contribution in [0.15, 0.2) is 36.8 Å². The van der Waals surface area contributed by atoms with Gasteiger partial charge in [-0.1, -0.05) is 24.3 Å². The normalized spacial score (nSPS) is 15.5. The largest absolute Gasteiger partial charge is 0.455 e. The van der Waals surface area contributed by atoms with Gasteiger partial charge in [-0.3, -0.25) is 0 Å². The van der Waals surface area contributed by atoms with E-state index in [2.05, 4.69) is 0 Å². The Hall–Kier alpha value is -1.15. The maximum Gasteiger partial charge on any atom is 0.266 e. The van der Waals surface area contributed by atoms with Crippen LogP contribution in [-0.4, -0.2) is 0 Å². The van der Waals surface area contributed by atoms with Crippen LogP contribution in [0.25, 0.3) is 0 Å². The Morgan fingerprint density at radius 3 is 2.23 bits per heavy atom. The molecule has 0 bridgehead atoms. The van der Waals surface area contributed by atoms with Crippen LogP contribution in [0, 0.1) is 0 Å². The van der Waals surface area contributed by atoms with Crippen LogP contribution in [0.2, 0.25) is 0 Å². The summed E-state index contributed by atoms with van der Waals surface area (Å²) in [6.45, 7) is 0. The summed E-state index contributed by atoms with van der Waals surface area (Å²) < 4.78 is 10.4. The van der Waals surface area contributed by atoms with Crippen molar-refractivity contribution in [2.75, 3.05) is 0 Å². The van der Waals surface area contributed by atoms with Gasteiger partial charge in [0.15, 0.2) is 0 Å². The summed E-state index contributed by atoms with van der Waals surface area (Å²) >= 11 is 5.66. The molecule has 0 saturated heterocycles. The molecule has 0 spiro atoms. The van der Waals surface area contributed by atoms with Crippen molar-refractivity contribution >= 4 is 11.6 Å². The minimum Gasteiger partial charge on any atom is -0.455 e. The molecule has 0 aromatic heterocycles. The third kappa shape index (κ3) is 1.78. The molecule has 0 fully saturated rings. The van der Waals surface area contributed by atoms with Gasteiger partial charge in [-0.05, 0) is 5.56 Å². The predicted molar refractivity (Wildman–Crippen MR) is 50.1 cm³/mol. The Kier molecular flexibility index (Phi) is 2.41. The Balaban J connectivity index is 2.13. The molecule has 1 aliphatic rings. The number of alkyl halides is 1. The predicted octanol–water partition coefficient (Wildman–Crippen LogP) is 2.94. The quantitative estimate of drug-likeness (QED) is 0.678. The fourth-order valence-electron chi connectivity index (χ4n) is 1.16. The number of hydrogen-bond donors (Lipinski definition) is 0. The molecule has 0 amide bonds. The maximum absolute atomic E-state index is 5.66. The highest BCUT2D eigenvalue weighted by molar-refractivity contribution is 6.17. The summed E-state index contributed by atoms with van der Waals surface area (Å²) in [5, 5.41) is 0. The van der Waals surface area contributed by atoms with Crippen molar-refractivity contribution in [1.82, 2.24) is 0 Å². The van der Waals surface area contributed by atoms with Gasteiger partial charge >= 0.3 is 0 Å². The molecular formula is C10H9ClO2. The fraction of sp³-hybridized carbons (Fsp3) is 0.200. The molecule has 2 nitrogen and oxygen atoms in total. The lowest BCUT2D eigenvalue weighted by molar-refractivity contribution is -0.0245. The van der Waals surface area contributed by atoms with Gasteiger partial charge in [0, 0.05) is 11.4 Å². The minimum atomic E-state index is -0.288. The second kappa shape index (κ2) is 3.71.